The number of phenols is 1. The van der Waals surface area contributed by atoms with E-state index < -0.39 is 0 Å². The molecule has 2 nitrogen and oxygen atoms in total. The average molecular weight is 306 g/mol. The Morgan fingerprint density at radius 1 is 0.864 bits per heavy atom. The first-order chi connectivity index (χ1) is 9.78. The lowest BCUT2D eigenvalue weighted by Gasteiger charge is -2.35. The van der Waals surface area contributed by atoms with Gasteiger partial charge < -0.3 is 10.2 Å². The van der Waals surface area contributed by atoms with E-state index in [4.69, 9.17) is 0 Å². The van der Waals surface area contributed by atoms with Crippen LogP contribution in [-0.4, -0.2) is 16.8 Å². The monoisotopic (exact) mass is 306 g/mol. The van der Waals surface area contributed by atoms with Crippen molar-refractivity contribution in [1.29, 1.82) is 0 Å². The van der Waals surface area contributed by atoms with Gasteiger partial charge in [-0.1, -0.05) is 67.5 Å². The van der Waals surface area contributed by atoms with Crippen LogP contribution in [0.15, 0.2) is 12.1 Å². The average Bonchev–Trinajstić information content (AvgIpc) is 2.26. The van der Waals surface area contributed by atoms with Gasteiger partial charge in [0.1, 0.15) is 5.75 Å². The summed E-state index contributed by atoms with van der Waals surface area (Å²) >= 11 is 0. The van der Waals surface area contributed by atoms with Crippen molar-refractivity contribution < 1.29 is 10.2 Å². The zero-order valence-corrected chi connectivity index (χ0v) is 15.7. The number of aromatic hydroxyl groups is 1. The molecule has 0 radical (unpaired) electrons. The summed E-state index contributed by atoms with van der Waals surface area (Å²) in [7, 11) is 0. The molecule has 0 aliphatic rings. The Morgan fingerprint density at radius 3 is 1.77 bits per heavy atom. The summed E-state index contributed by atoms with van der Waals surface area (Å²) in [6.07, 6.45) is 1.61. The predicted molar refractivity (Wildman–Crippen MR) is 94.7 cm³/mol. The molecule has 0 heterocycles. The summed E-state index contributed by atoms with van der Waals surface area (Å²) in [6.45, 7) is 17.6. The number of phenolic OH excluding ortho intramolecular Hbond substituents is 1. The van der Waals surface area contributed by atoms with Gasteiger partial charge in [-0.05, 0) is 40.2 Å². The summed E-state index contributed by atoms with van der Waals surface area (Å²) < 4.78 is 0. The van der Waals surface area contributed by atoms with Gasteiger partial charge >= 0.3 is 0 Å². The molecule has 0 aliphatic heterocycles. The lowest BCUT2D eigenvalue weighted by Crippen LogP contribution is -2.26. The highest BCUT2D eigenvalue weighted by molar-refractivity contribution is 5.50. The van der Waals surface area contributed by atoms with Crippen molar-refractivity contribution in [3.05, 3.63) is 28.8 Å². The Hall–Kier alpha value is -1.02. The van der Waals surface area contributed by atoms with Crippen LogP contribution < -0.4 is 0 Å². The second-order valence-electron chi connectivity index (χ2n) is 9.38. The second kappa shape index (κ2) is 6.23. The van der Waals surface area contributed by atoms with E-state index in [1.54, 1.807) is 0 Å². The molecular formula is C20H34O2. The molecule has 2 N–H and O–H groups in total. The minimum atomic E-state index is -0.123. The molecule has 1 aromatic rings. The topological polar surface area (TPSA) is 40.5 Å². The first-order valence-electron chi connectivity index (χ1n) is 8.26. The fourth-order valence-electron chi connectivity index (χ4n) is 3.48. The van der Waals surface area contributed by atoms with Gasteiger partial charge in [0, 0.05) is 12.2 Å². The van der Waals surface area contributed by atoms with Gasteiger partial charge in [0.2, 0.25) is 0 Å². The SMILES string of the molecule is CC(C)(C)CC(C)(C)c1cc(CCO)cc(C(C)(C)C)c1O. The van der Waals surface area contributed by atoms with E-state index in [2.05, 4.69) is 61.5 Å². The maximum atomic E-state index is 10.9. The highest BCUT2D eigenvalue weighted by Gasteiger charge is 2.32. The van der Waals surface area contributed by atoms with Crippen LogP contribution in [0.5, 0.6) is 5.75 Å². The third kappa shape index (κ3) is 4.74. The fraction of sp³-hybridized carbons (Fsp3) is 0.700. The number of aliphatic hydroxyl groups excluding tert-OH is 1. The predicted octanol–water partition coefficient (Wildman–Crippen LogP) is 4.94. The molecule has 0 bridgehead atoms. The molecule has 2 heteroatoms. The number of aliphatic hydroxyl groups is 1. The summed E-state index contributed by atoms with van der Waals surface area (Å²) in [5.41, 5.74) is 3.01. The highest BCUT2D eigenvalue weighted by Crippen LogP contribution is 2.44. The van der Waals surface area contributed by atoms with E-state index in [0.29, 0.717) is 12.2 Å². The minimum absolute atomic E-state index is 0.117. The van der Waals surface area contributed by atoms with Crippen LogP contribution in [0.4, 0.5) is 0 Å². The Balaban J connectivity index is 3.49. The first-order valence-corrected chi connectivity index (χ1v) is 8.26. The van der Waals surface area contributed by atoms with E-state index in [0.717, 1.165) is 23.1 Å². The second-order valence-corrected chi connectivity index (χ2v) is 9.38. The van der Waals surface area contributed by atoms with Crippen LogP contribution in [0.25, 0.3) is 0 Å². The standard InChI is InChI=1S/C20H34O2/c1-18(2,3)13-20(7,8)16-12-14(9-10-21)11-15(17(16)22)19(4,5)6/h11-12,21-22H,9-10,13H2,1-8H3. The maximum Gasteiger partial charge on any atom is 0.123 e. The van der Waals surface area contributed by atoms with E-state index in [9.17, 15) is 10.2 Å². The quantitative estimate of drug-likeness (QED) is 0.827. The molecular weight excluding hydrogens is 272 g/mol. The lowest BCUT2D eigenvalue weighted by atomic mass is 9.70. The number of hydrogen-bond donors (Lipinski definition) is 2. The summed E-state index contributed by atoms with van der Waals surface area (Å²) in [5, 5.41) is 20.2. The summed E-state index contributed by atoms with van der Waals surface area (Å²) in [5.74, 6) is 0.420. The maximum absolute atomic E-state index is 10.9. The van der Waals surface area contributed by atoms with E-state index in [1.807, 2.05) is 6.07 Å². The van der Waals surface area contributed by atoms with Gasteiger partial charge in [0.25, 0.3) is 0 Å². The van der Waals surface area contributed by atoms with Crippen molar-refractivity contribution in [2.45, 2.75) is 79.1 Å². The fourth-order valence-corrected chi connectivity index (χ4v) is 3.48. The van der Waals surface area contributed by atoms with Crippen LogP contribution in [0.3, 0.4) is 0 Å². The van der Waals surface area contributed by atoms with Gasteiger partial charge in [0.05, 0.1) is 0 Å². The van der Waals surface area contributed by atoms with Crippen molar-refractivity contribution in [2.24, 2.45) is 5.41 Å². The molecule has 0 unspecified atom stereocenters. The Kier molecular flexibility index (Phi) is 5.39. The molecule has 1 rings (SSSR count). The number of hydrogen-bond acceptors (Lipinski definition) is 2. The Bertz CT molecular complexity index is 514. The molecule has 22 heavy (non-hydrogen) atoms. The summed E-state index contributed by atoms with van der Waals surface area (Å²) in [4.78, 5) is 0. The Morgan fingerprint density at radius 2 is 1.36 bits per heavy atom. The smallest absolute Gasteiger partial charge is 0.123 e. The number of benzene rings is 1. The molecule has 0 fully saturated rings. The Labute approximate surface area is 136 Å². The van der Waals surface area contributed by atoms with E-state index in [-0.39, 0.29) is 22.9 Å². The van der Waals surface area contributed by atoms with Crippen LogP contribution in [0.1, 0.15) is 78.5 Å². The molecule has 0 aliphatic carbocycles. The van der Waals surface area contributed by atoms with Crippen molar-refractivity contribution in [1.82, 2.24) is 0 Å². The van der Waals surface area contributed by atoms with Crippen LogP contribution in [0.2, 0.25) is 0 Å². The van der Waals surface area contributed by atoms with Gasteiger partial charge in [0.15, 0.2) is 0 Å². The molecule has 0 saturated heterocycles. The minimum Gasteiger partial charge on any atom is -0.507 e. The van der Waals surface area contributed by atoms with Crippen LogP contribution >= 0.6 is 0 Å². The molecule has 0 aromatic heterocycles. The molecule has 0 atom stereocenters. The first kappa shape index (κ1) is 19.0. The zero-order valence-electron chi connectivity index (χ0n) is 15.7. The van der Waals surface area contributed by atoms with E-state index in [1.165, 1.54) is 0 Å². The van der Waals surface area contributed by atoms with E-state index >= 15 is 0 Å². The molecule has 0 amide bonds. The highest BCUT2D eigenvalue weighted by atomic mass is 16.3. The van der Waals surface area contributed by atoms with Crippen molar-refractivity contribution in [3.63, 3.8) is 0 Å². The normalized spacial score (nSPS) is 13.5. The van der Waals surface area contributed by atoms with Gasteiger partial charge in [-0.2, -0.15) is 0 Å². The van der Waals surface area contributed by atoms with Gasteiger partial charge in [-0.15, -0.1) is 0 Å². The molecule has 0 saturated carbocycles. The molecule has 126 valence electrons. The molecule has 0 spiro atoms. The zero-order chi connectivity index (χ0) is 17.3. The van der Waals surface area contributed by atoms with Crippen LogP contribution in [-0.2, 0) is 17.3 Å². The van der Waals surface area contributed by atoms with Crippen molar-refractivity contribution in [3.8, 4) is 5.75 Å². The van der Waals surface area contributed by atoms with Gasteiger partial charge in [-0.3, -0.25) is 0 Å². The third-order valence-electron chi connectivity index (χ3n) is 4.08. The lowest BCUT2D eigenvalue weighted by molar-refractivity contribution is 0.276. The largest absolute Gasteiger partial charge is 0.507 e. The number of rotatable bonds is 4. The third-order valence-corrected chi connectivity index (χ3v) is 4.08. The molecule has 1 aromatic carbocycles. The van der Waals surface area contributed by atoms with Crippen LogP contribution in [0, 0.1) is 5.41 Å². The van der Waals surface area contributed by atoms with Crippen molar-refractivity contribution in [2.75, 3.05) is 6.61 Å². The summed E-state index contributed by atoms with van der Waals surface area (Å²) in [6, 6.07) is 4.12. The van der Waals surface area contributed by atoms with Crippen molar-refractivity contribution >= 4 is 0 Å². The van der Waals surface area contributed by atoms with Gasteiger partial charge in [-0.25, -0.2) is 0 Å².